The zero-order valence-corrected chi connectivity index (χ0v) is 17.4. The third-order valence-electron chi connectivity index (χ3n) is 4.94. The quantitative estimate of drug-likeness (QED) is 0.733. The van der Waals surface area contributed by atoms with Crippen LogP contribution in [0.4, 0.5) is 4.39 Å². The number of allylic oxidation sites excluding steroid dienone is 1. The molecule has 2 aliphatic heterocycles. The number of ether oxygens (including phenoxy) is 1. The van der Waals surface area contributed by atoms with Gasteiger partial charge in [0.05, 0.1) is 23.9 Å². The molecule has 1 saturated heterocycles. The Morgan fingerprint density at radius 1 is 1.23 bits per heavy atom. The van der Waals surface area contributed by atoms with E-state index in [1.165, 1.54) is 23.9 Å². The molecule has 2 aromatic carbocycles. The molecule has 0 amide bonds. The molecule has 0 aliphatic carbocycles. The average Bonchev–Trinajstić information content (AvgIpc) is 3.03. The van der Waals surface area contributed by atoms with Gasteiger partial charge in [0, 0.05) is 4.91 Å². The van der Waals surface area contributed by atoms with Crippen molar-refractivity contribution in [3.63, 3.8) is 0 Å². The summed E-state index contributed by atoms with van der Waals surface area (Å²) in [4.78, 5) is 19.7. The molecule has 7 heteroatoms. The normalized spacial score (nSPS) is 22.2. The third-order valence-corrected chi connectivity index (χ3v) is 5.99. The Labute approximate surface area is 178 Å². The van der Waals surface area contributed by atoms with Gasteiger partial charge < -0.3 is 14.7 Å². The van der Waals surface area contributed by atoms with Crippen molar-refractivity contribution < 1.29 is 19.0 Å². The molecule has 2 unspecified atom stereocenters. The SMILES string of the molecule is CCOC(=O)C1=C(C)N=C2S/C(=C/c3ccccc3)C(O)N2C1c1ccc(F)cc1. The number of amidine groups is 1. The predicted octanol–water partition coefficient (Wildman–Crippen LogP) is 4.48. The highest BCUT2D eigenvalue weighted by Crippen LogP contribution is 2.47. The molecule has 4 rings (SSSR count). The van der Waals surface area contributed by atoms with Crippen molar-refractivity contribution in [2.45, 2.75) is 26.1 Å². The summed E-state index contributed by atoms with van der Waals surface area (Å²) in [6.45, 7) is 3.71. The van der Waals surface area contributed by atoms with Gasteiger partial charge in [-0.05, 0) is 43.2 Å². The van der Waals surface area contributed by atoms with Crippen LogP contribution in [0.15, 0.2) is 75.8 Å². The molecule has 2 aromatic rings. The Morgan fingerprint density at radius 3 is 2.60 bits per heavy atom. The number of thioether (sulfide) groups is 1. The molecule has 0 aromatic heterocycles. The highest BCUT2D eigenvalue weighted by atomic mass is 32.2. The minimum absolute atomic E-state index is 0.221. The smallest absolute Gasteiger partial charge is 0.338 e. The summed E-state index contributed by atoms with van der Waals surface area (Å²) in [6, 6.07) is 15.0. The number of aliphatic imine (C=N–C) groups is 1. The largest absolute Gasteiger partial charge is 0.463 e. The summed E-state index contributed by atoms with van der Waals surface area (Å²) in [5.41, 5.74) is 2.49. The van der Waals surface area contributed by atoms with Gasteiger partial charge in [0.25, 0.3) is 0 Å². The van der Waals surface area contributed by atoms with Crippen molar-refractivity contribution in [2.24, 2.45) is 4.99 Å². The molecule has 0 saturated carbocycles. The fourth-order valence-electron chi connectivity index (χ4n) is 3.58. The molecule has 0 radical (unpaired) electrons. The van der Waals surface area contributed by atoms with Gasteiger partial charge in [0.15, 0.2) is 11.4 Å². The van der Waals surface area contributed by atoms with Crippen LogP contribution in [0.1, 0.15) is 31.0 Å². The van der Waals surface area contributed by atoms with E-state index in [1.807, 2.05) is 36.4 Å². The maximum atomic E-state index is 13.6. The maximum absolute atomic E-state index is 13.6. The van der Waals surface area contributed by atoms with E-state index in [9.17, 15) is 14.3 Å². The van der Waals surface area contributed by atoms with Crippen LogP contribution in [0.25, 0.3) is 6.08 Å². The summed E-state index contributed by atoms with van der Waals surface area (Å²) in [6.07, 6.45) is 0.901. The fraction of sp³-hybridized carbons (Fsp3) is 0.217. The second-order valence-electron chi connectivity index (χ2n) is 6.91. The van der Waals surface area contributed by atoms with Gasteiger partial charge in [-0.2, -0.15) is 0 Å². The van der Waals surface area contributed by atoms with Crippen molar-refractivity contribution in [3.05, 3.63) is 87.7 Å². The molecular formula is C23H21FN2O3S. The van der Waals surface area contributed by atoms with Gasteiger partial charge >= 0.3 is 5.97 Å². The standard InChI is InChI=1S/C23H21FN2O3S/c1-3-29-22(28)19-14(2)25-23-26(20(19)16-9-11-17(24)12-10-16)21(27)18(30-23)13-15-7-5-4-6-8-15/h4-13,20-21,27H,3H2,1-2H3/b18-13+. The number of aliphatic hydroxyl groups excluding tert-OH is 1. The van der Waals surface area contributed by atoms with Crippen molar-refractivity contribution in [1.82, 2.24) is 4.90 Å². The Morgan fingerprint density at radius 2 is 1.93 bits per heavy atom. The molecule has 1 fully saturated rings. The summed E-state index contributed by atoms with van der Waals surface area (Å²) in [7, 11) is 0. The van der Waals surface area contributed by atoms with Crippen molar-refractivity contribution in [2.75, 3.05) is 6.61 Å². The van der Waals surface area contributed by atoms with Crippen LogP contribution in [-0.2, 0) is 9.53 Å². The van der Waals surface area contributed by atoms with Crippen LogP contribution >= 0.6 is 11.8 Å². The van der Waals surface area contributed by atoms with E-state index in [0.717, 1.165) is 5.56 Å². The number of hydrogen-bond acceptors (Lipinski definition) is 6. The van der Waals surface area contributed by atoms with E-state index < -0.39 is 18.2 Å². The van der Waals surface area contributed by atoms with Gasteiger partial charge in [0.1, 0.15) is 5.82 Å². The molecule has 0 bridgehead atoms. The minimum atomic E-state index is -0.999. The Bertz CT molecular complexity index is 1050. The lowest BCUT2D eigenvalue weighted by Gasteiger charge is -2.36. The van der Waals surface area contributed by atoms with Crippen LogP contribution in [0, 0.1) is 5.82 Å². The van der Waals surface area contributed by atoms with E-state index in [1.54, 1.807) is 30.9 Å². The Hall–Kier alpha value is -2.90. The molecular weight excluding hydrogens is 403 g/mol. The van der Waals surface area contributed by atoms with Gasteiger partial charge in [-0.25, -0.2) is 14.2 Å². The highest BCUT2D eigenvalue weighted by Gasteiger charge is 2.45. The monoisotopic (exact) mass is 424 g/mol. The number of carbonyl (C=O) groups excluding carboxylic acids is 1. The van der Waals surface area contributed by atoms with Gasteiger partial charge in [-0.15, -0.1) is 0 Å². The second-order valence-corrected chi connectivity index (χ2v) is 7.95. The first-order valence-electron chi connectivity index (χ1n) is 9.62. The lowest BCUT2D eigenvalue weighted by atomic mass is 9.94. The number of esters is 1. The number of carbonyl (C=O) groups is 1. The van der Waals surface area contributed by atoms with E-state index in [-0.39, 0.29) is 12.4 Å². The van der Waals surface area contributed by atoms with E-state index in [0.29, 0.717) is 26.9 Å². The Kier molecular flexibility index (Phi) is 5.74. The molecule has 2 aliphatic rings. The van der Waals surface area contributed by atoms with Gasteiger partial charge in [0.2, 0.25) is 0 Å². The topological polar surface area (TPSA) is 62.1 Å². The summed E-state index contributed by atoms with van der Waals surface area (Å²) in [5.74, 6) is -0.868. The van der Waals surface area contributed by atoms with Crippen LogP contribution in [0.3, 0.4) is 0 Å². The number of hydrogen-bond donors (Lipinski definition) is 1. The maximum Gasteiger partial charge on any atom is 0.338 e. The molecule has 30 heavy (non-hydrogen) atoms. The van der Waals surface area contributed by atoms with Crippen molar-refractivity contribution in [3.8, 4) is 0 Å². The van der Waals surface area contributed by atoms with Gasteiger partial charge in [-0.1, -0.05) is 54.2 Å². The van der Waals surface area contributed by atoms with Crippen molar-refractivity contribution >= 4 is 29.0 Å². The van der Waals surface area contributed by atoms with Crippen LogP contribution < -0.4 is 0 Å². The second kappa shape index (κ2) is 8.45. The molecule has 2 atom stereocenters. The average molecular weight is 424 g/mol. The molecule has 154 valence electrons. The van der Waals surface area contributed by atoms with Crippen LogP contribution in [-0.4, -0.2) is 34.0 Å². The van der Waals surface area contributed by atoms with E-state index >= 15 is 0 Å². The summed E-state index contributed by atoms with van der Waals surface area (Å²) >= 11 is 1.36. The van der Waals surface area contributed by atoms with Gasteiger partial charge in [-0.3, -0.25) is 0 Å². The minimum Gasteiger partial charge on any atom is -0.463 e. The molecule has 0 spiro atoms. The highest BCUT2D eigenvalue weighted by molar-refractivity contribution is 8.17. The number of halogens is 1. The lowest BCUT2D eigenvalue weighted by molar-refractivity contribution is -0.139. The van der Waals surface area contributed by atoms with E-state index in [4.69, 9.17) is 4.74 Å². The number of fused-ring (bicyclic) bond motifs is 1. The molecule has 1 N–H and O–H groups in total. The van der Waals surface area contributed by atoms with Crippen LogP contribution in [0.5, 0.6) is 0 Å². The third kappa shape index (κ3) is 3.78. The first kappa shape index (κ1) is 20.4. The van der Waals surface area contributed by atoms with E-state index in [2.05, 4.69) is 4.99 Å². The number of rotatable bonds is 4. The first-order chi connectivity index (χ1) is 14.5. The zero-order chi connectivity index (χ0) is 21.3. The first-order valence-corrected chi connectivity index (χ1v) is 10.4. The fourth-order valence-corrected chi connectivity index (χ4v) is 4.70. The number of aliphatic hydroxyl groups is 1. The summed E-state index contributed by atoms with van der Waals surface area (Å²) < 4.78 is 18.8. The lowest BCUT2D eigenvalue weighted by Crippen LogP contribution is -2.41. The summed E-state index contributed by atoms with van der Waals surface area (Å²) in [5, 5.41) is 11.7. The number of nitrogens with zero attached hydrogens (tertiary/aromatic N) is 2. The van der Waals surface area contributed by atoms with Crippen LogP contribution in [0.2, 0.25) is 0 Å². The molecule has 2 heterocycles. The molecule has 5 nitrogen and oxygen atoms in total. The number of benzene rings is 2. The predicted molar refractivity (Wildman–Crippen MR) is 116 cm³/mol. The zero-order valence-electron chi connectivity index (χ0n) is 16.6. The van der Waals surface area contributed by atoms with Crippen molar-refractivity contribution in [1.29, 1.82) is 0 Å². The Balaban J connectivity index is 1.79.